The van der Waals surface area contributed by atoms with E-state index in [0.717, 1.165) is 10.6 Å². The SMILES string of the molecule is CCC(CS(=O)C(C)(C)C)N1C(=O)C(CC(O)CO)OCC1c1ccc(Cl)cc1.Clc1ccccc1. The summed E-state index contributed by atoms with van der Waals surface area (Å²) in [5, 5.41) is 20.4. The normalized spacial score (nSPS) is 20.8. The first-order valence-corrected chi connectivity index (χ1v) is 14.1. The van der Waals surface area contributed by atoms with Gasteiger partial charge in [0.15, 0.2) is 0 Å². The molecule has 1 heterocycles. The Bertz CT molecular complexity index is 968. The molecule has 1 aliphatic heterocycles. The van der Waals surface area contributed by atoms with Gasteiger partial charge in [-0.2, -0.15) is 0 Å². The highest BCUT2D eigenvalue weighted by atomic mass is 35.5. The van der Waals surface area contributed by atoms with Gasteiger partial charge < -0.3 is 19.8 Å². The van der Waals surface area contributed by atoms with Crippen molar-refractivity contribution in [3.8, 4) is 0 Å². The molecule has 1 fully saturated rings. The van der Waals surface area contributed by atoms with Crippen LogP contribution in [0.2, 0.25) is 10.0 Å². The number of carbonyl (C=O) groups is 1. The number of morpholine rings is 1. The molecule has 1 amide bonds. The average molecular weight is 559 g/mol. The highest BCUT2D eigenvalue weighted by molar-refractivity contribution is 7.86. The number of hydrogen-bond acceptors (Lipinski definition) is 5. The minimum absolute atomic E-state index is 0.0258. The Morgan fingerprint density at radius 3 is 2.14 bits per heavy atom. The number of halogens is 2. The van der Waals surface area contributed by atoms with E-state index in [0.29, 0.717) is 17.2 Å². The Hall–Kier alpha value is -1.48. The lowest BCUT2D eigenvalue weighted by molar-refractivity contribution is -0.166. The number of rotatable bonds is 8. The van der Waals surface area contributed by atoms with Crippen LogP contribution in [0.15, 0.2) is 54.6 Å². The quantitative estimate of drug-likeness (QED) is 0.476. The summed E-state index contributed by atoms with van der Waals surface area (Å²) in [5.41, 5.74) is 0.892. The summed E-state index contributed by atoms with van der Waals surface area (Å²) >= 11 is 11.6. The van der Waals surface area contributed by atoms with Gasteiger partial charge >= 0.3 is 0 Å². The van der Waals surface area contributed by atoms with Crippen molar-refractivity contribution in [2.75, 3.05) is 19.0 Å². The van der Waals surface area contributed by atoms with E-state index in [1.54, 1.807) is 17.0 Å². The molecular weight excluding hydrogens is 521 g/mol. The molecule has 1 saturated heterocycles. The first kappa shape index (κ1) is 30.7. The average Bonchev–Trinajstić information content (AvgIpc) is 2.84. The van der Waals surface area contributed by atoms with E-state index in [1.165, 1.54) is 0 Å². The number of hydrogen-bond donors (Lipinski definition) is 2. The van der Waals surface area contributed by atoms with Crippen LogP contribution in [0, 0.1) is 0 Å². The van der Waals surface area contributed by atoms with Gasteiger partial charge in [-0.1, -0.05) is 60.5 Å². The molecule has 0 aromatic heterocycles. The van der Waals surface area contributed by atoms with Gasteiger partial charge in [0, 0.05) is 43.8 Å². The van der Waals surface area contributed by atoms with Crippen molar-refractivity contribution >= 4 is 39.9 Å². The maximum absolute atomic E-state index is 13.3. The fraction of sp³-hybridized carbons (Fsp3) is 0.519. The number of aliphatic hydroxyl groups excluding tert-OH is 2. The molecule has 200 valence electrons. The summed E-state index contributed by atoms with van der Waals surface area (Å²) in [6, 6.07) is 16.2. The number of ether oxygens (including phenoxy) is 1. The van der Waals surface area contributed by atoms with Crippen molar-refractivity contribution in [3.05, 3.63) is 70.2 Å². The summed E-state index contributed by atoms with van der Waals surface area (Å²) in [7, 11) is -1.13. The van der Waals surface area contributed by atoms with Gasteiger partial charge in [0.05, 0.1) is 25.4 Å². The van der Waals surface area contributed by atoms with E-state index < -0.39 is 29.6 Å². The fourth-order valence-corrected chi connectivity index (χ4v) is 5.30. The van der Waals surface area contributed by atoms with E-state index >= 15 is 0 Å². The fourth-order valence-electron chi connectivity index (χ4n) is 3.78. The highest BCUT2D eigenvalue weighted by Gasteiger charge is 2.42. The van der Waals surface area contributed by atoms with Gasteiger partial charge in [-0.05, 0) is 57.0 Å². The van der Waals surface area contributed by atoms with Crippen molar-refractivity contribution in [1.82, 2.24) is 4.90 Å². The molecule has 1 aliphatic rings. The van der Waals surface area contributed by atoms with Crippen molar-refractivity contribution in [1.29, 1.82) is 0 Å². The lowest BCUT2D eigenvalue weighted by Gasteiger charge is -2.44. The van der Waals surface area contributed by atoms with Gasteiger partial charge in [-0.15, -0.1) is 0 Å². The monoisotopic (exact) mass is 557 g/mol. The van der Waals surface area contributed by atoms with Crippen LogP contribution in [0.1, 0.15) is 52.1 Å². The largest absolute Gasteiger partial charge is 0.394 e. The molecule has 2 aromatic carbocycles. The van der Waals surface area contributed by atoms with Crippen molar-refractivity contribution in [2.45, 2.75) is 69.6 Å². The Labute approximate surface area is 227 Å². The van der Waals surface area contributed by atoms with E-state index in [1.807, 2.05) is 70.2 Å². The first-order valence-electron chi connectivity index (χ1n) is 12.0. The first-order chi connectivity index (χ1) is 17.0. The maximum Gasteiger partial charge on any atom is 0.252 e. The molecule has 2 aromatic rings. The number of carbonyl (C=O) groups excluding carboxylic acids is 1. The Balaban J connectivity index is 0.000000558. The molecule has 9 heteroatoms. The summed E-state index contributed by atoms with van der Waals surface area (Å²) in [5.74, 6) is 0.118. The molecule has 6 nitrogen and oxygen atoms in total. The van der Waals surface area contributed by atoms with Crippen LogP contribution in [-0.2, 0) is 20.3 Å². The smallest absolute Gasteiger partial charge is 0.252 e. The van der Waals surface area contributed by atoms with Crippen LogP contribution in [-0.4, -0.2) is 67.2 Å². The van der Waals surface area contributed by atoms with Crippen LogP contribution in [0.3, 0.4) is 0 Å². The third kappa shape index (κ3) is 9.12. The number of benzene rings is 2. The number of amides is 1. The van der Waals surface area contributed by atoms with Gasteiger partial charge in [0.25, 0.3) is 5.91 Å². The Kier molecular flexibility index (Phi) is 12.3. The van der Waals surface area contributed by atoms with Crippen LogP contribution in [0.25, 0.3) is 0 Å². The highest BCUT2D eigenvalue weighted by Crippen LogP contribution is 2.33. The van der Waals surface area contributed by atoms with Crippen LogP contribution < -0.4 is 0 Å². The second kappa shape index (κ2) is 14.5. The second-order valence-electron chi connectivity index (χ2n) is 9.69. The molecule has 0 radical (unpaired) electrons. The molecule has 5 unspecified atom stereocenters. The predicted octanol–water partition coefficient (Wildman–Crippen LogP) is 5.02. The van der Waals surface area contributed by atoms with Gasteiger partial charge in [-0.25, -0.2) is 0 Å². The number of nitrogens with zero attached hydrogens (tertiary/aromatic N) is 1. The van der Waals surface area contributed by atoms with Gasteiger partial charge in [-0.3, -0.25) is 9.00 Å². The zero-order valence-corrected chi connectivity index (χ0v) is 23.6. The predicted molar refractivity (Wildman–Crippen MR) is 147 cm³/mol. The molecule has 0 spiro atoms. The van der Waals surface area contributed by atoms with E-state index in [2.05, 4.69) is 0 Å². The van der Waals surface area contributed by atoms with Crippen LogP contribution in [0.4, 0.5) is 0 Å². The zero-order chi connectivity index (χ0) is 26.9. The lowest BCUT2D eigenvalue weighted by Crippen LogP contribution is -2.56. The maximum atomic E-state index is 13.3. The minimum Gasteiger partial charge on any atom is -0.394 e. The Morgan fingerprint density at radius 2 is 1.67 bits per heavy atom. The molecule has 0 bridgehead atoms. The van der Waals surface area contributed by atoms with E-state index in [-0.39, 0.29) is 35.8 Å². The lowest BCUT2D eigenvalue weighted by atomic mass is 9.98. The number of aliphatic hydroxyl groups is 2. The van der Waals surface area contributed by atoms with E-state index in [9.17, 15) is 14.1 Å². The van der Waals surface area contributed by atoms with Crippen molar-refractivity contribution in [3.63, 3.8) is 0 Å². The summed E-state index contributed by atoms with van der Waals surface area (Å²) in [6.07, 6.45) is -1.19. The Morgan fingerprint density at radius 1 is 1.08 bits per heavy atom. The van der Waals surface area contributed by atoms with Crippen molar-refractivity contribution < 1.29 is 24.0 Å². The summed E-state index contributed by atoms with van der Waals surface area (Å²) < 4.78 is 18.2. The van der Waals surface area contributed by atoms with Crippen molar-refractivity contribution in [2.24, 2.45) is 0 Å². The minimum atomic E-state index is -1.13. The molecular formula is C27H37Cl2NO5S. The standard InChI is InChI=1S/C21H32ClNO5S.C6H5Cl/c1-5-16(13-29(27)21(2,3)4)23-18(14-6-8-15(22)9-7-14)12-28-19(20(23)26)10-17(25)11-24;7-6-4-2-1-3-5-6/h6-9,16-19,24-25H,5,10-13H2,1-4H3;1-5H. The van der Waals surface area contributed by atoms with Crippen LogP contribution in [0.5, 0.6) is 0 Å². The summed E-state index contributed by atoms with van der Waals surface area (Å²) in [4.78, 5) is 15.1. The zero-order valence-electron chi connectivity index (χ0n) is 21.3. The van der Waals surface area contributed by atoms with E-state index in [4.69, 9.17) is 33.0 Å². The molecule has 0 aliphatic carbocycles. The molecule has 36 heavy (non-hydrogen) atoms. The summed E-state index contributed by atoms with van der Waals surface area (Å²) in [6.45, 7) is 7.58. The topological polar surface area (TPSA) is 87.1 Å². The van der Waals surface area contributed by atoms with Crippen LogP contribution >= 0.6 is 23.2 Å². The molecule has 2 N–H and O–H groups in total. The molecule has 3 rings (SSSR count). The molecule has 0 saturated carbocycles. The molecule has 5 atom stereocenters. The van der Waals surface area contributed by atoms with Gasteiger partial charge in [0.2, 0.25) is 0 Å². The third-order valence-corrected chi connectivity index (χ3v) is 8.45. The van der Waals surface area contributed by atoms with Gasteiger partial charge in [0.1, 0.15) is 6.10 Å². The third-order valence-electron chi connectivity index (χ3n) is 5.90. The second-order valence-corrected chi connectivity index (χ2v) is 12.8.